The predicted molar refractivity (Wildman–Crippen MR) is 121 cm³/mol. The second-order valence-corrected chi connectivity index (χ2v) is 8.79. The normalized spacial score (nSPS) is 23.8. The summed E-state index contributed by atoms with van der Waals surface area (Å²) in [4.78, 5) is 31.7. The molecule has 4 heterocycles. The van der Waals surface area contributed by atoms with Crippen LogP contribution >= 0.6 is 0 Å². The molecule has 172 valence electrons. The van der Waals surface area contributed by atoms with E-state index in [1.54, 1.807) is 29.0 Å². The number of para-hydroxylation sites is 2. The monoisotopic (exact) mass is 450 g/mol. The van der Waals surface area contributed by atoms with Crippen molar-refractivity contribution in [3.05, 3.63) is 43.2 Å². The number of nitrogen functional groups attached to an aromatic ring is 1. The van der Waals surface area contributed by atoms with Crippen LogP contribution in [0.3, 0.4) is 0 Å². The van der Waals surface area contributed by atoms with E-state index < -0.39 is 17.7 Å². The van der Waals surface area contributed by atoms with Gasteiger partial charge in [0.25, 0.3) is 0 Å². The number of likely N-dealkylation sites (tertiary alicyclic amines) is 1. The van der Waals surface area contributed by atoms with E-state index in [2.05, 4.69) is 19.9 Å². The highest BCUT2D eigenvalue weighted by atomic mass is 16.3. The lowest BCUT2D eigenvalue weighted by atomic mass is 9.91. The van der Waals surface area contributed by atoms with Crippen molar-refractivity contribution in [1.82, 2.24) is 34.0 Å². The fourth-order valence-corrected chi connectivity index (χ4v) is 4.66. The second kappa shape index (κ2) is 8.09. The highest BCUT2D eigenvalue weighted by molar-refractivity contribution is 5.81. The zero-order valence-corrected chi connectivity index (χ0v) is 18.2. The molecule has 0 radical (unpaired) electrons. The van der Waals surface area contributed by atoms with Gasteiger partial charge in [-0.25, -0.2) is 19.9 Å². The van der Waals surface area contributed by atoms with E-state index in [1.807, 2.05) is 28.8 Å². The molecule has 0 unspecified atom stereocenters. The van der Waals surface area contributed by atoms with Crippen molar-refractivity contribution in [2.75, 3.05) is 18.8 Å². The topological polar surface area (TPSA) is 148 Å². The lowest BCUT2D eigenvalue weighted by molar-refractivity contribution is -0.133. The summed E-state index contributed by atoms with van der Waals surface area (Å²) in [5, 5.41) is 21.8. The number of anilines is 1. The molecular formula is C22H26N8O3. The van der Waals surface area contributed by atoms with Gasteiger partial charge in [-0.1, -0.05) is 12.1 Å². The summed E-state index contributed by atoms with van der Waals surface area (Å²) < 4.78 is 3.66. The quantitative estimate of drug-likeness (QED) is 0.412. The van der Waals surface area contributed by atoms with Gasteiger partial charge in [-0.2, -0.15) is 0 Å². The first-order valence-corrected chi connectivity index (χ1v) is 10.8. The van der Waals surface area contributed by atoms with Crippen molar-refractivity contribution in [1.29, 1.82) is 0 Å². The third-order valence-corrected chi connectivity index (χ3v) is 6.36. The van der Waals surface area contributed by atoms with Crippen LogP contribution in [-0.2, 0) is 11.3 Å². The largest absolute Gasteiger partial charge is 0.391 e. The first-order valence-electron chi connectivity index (χ1n) is 10.8. The maximum Gasteiger partial charge on any atom is 0.224 e. The number of carbonyl (C=O) groups is 1. The fraction of sp³-hybridized carbons (Fsp3) is 0.409. The number of nitrogens with two attached hydrogens (primary N) is 1. The van der Waals surface area contributed by atoms with E-state index in [-0.39, 0.29) is 37.7 Å². The van der Waals surface area contributed by atoms with Gasteiger partial charge in [0, 0.05) is 32.5 Å². The minimum Gasteiger partial charge on any atom is -0.391 e. The van der Waals surface area contributed by atoms with E-state index in [0.29, 0.717) is 17.7 Å². The van der Waals surface area contributed by atoms with Gasteiger partial charge in [-0.05, 0) is 19.1 Å². The molecule has 0 bridgehead atoms. The van der Waals surface area contributed by atoms with Crippen LogP contribution in [-0.4, -0.2) is 74.9 Å². The summed E-state index contributed by atoms with van der Waals surface area (Å²) in [5.74, 6) is 0.126. The van der Waals surface area contributed by atoms with E-state index >= 15 is 0 Å². The molecule has 11 nitrogen and oxygen atoms in total. The number of nitrogens with zero attached hydrogens (tertiary/aromatic N) is 7. The highest BCUT2D eigenvalue weighted by Crippen LogP contribution is 2.34. The van der Waals surface area contributed by atoms with Crippen LogP contribution in [0.4, 0.5) is 5.82 Å². The summed E-state index contributed by atoms with van der Waals surface area (Å²) in [6.45, 7) is 2.45. The molecule has 11 heteroatoms. The van der Waals surface area contributed by atoms with Crippen LogP contribution in [0.1, 0.15) is 25.8 Å². The first kappa shape index (κ1) is 21.3. The Hall–Kier alpha value is -3.57. The summed E-state index contributed by atoms with van der Waals surface area (Å²) in [5.41, 5.74) is 7.36. The number of carbonyl (C=O) groups excluding carboxylic acids is 1. The number of β-amino-alcohol motifs (C(OH)–C–C–N with tert-alkyl or cyclic N) is 1. The Labute approximate surface area is 189 Å². The number of aryl methyl sites for hydroxylation is 1. The Morgan fingerprint density at radius 3 is 2.85 bits per heavy atom. The smallest absolute Gasteiger partial charge is 0.224 e. The van der Waals surface area contributed by atoms with Gasteiger partial charge in [0.2, 0.25) is 5.91 Å². The Morgan fingerprint density at radius 1 is 1.18 bits per heavy atom. The van der Waals surface area contributed by atoms with Gasteiger partial charge in [-0.15, -0.1) is 0 Å². The van der Waals surface area contributed by atoms with Crippen molar-refractivity contribution in [3.8, 4) is 0 Å². The van der Waals surface area contributed by atoms with Crippen LogP contribution in [0.2, 0.25) is 0 Å². The zero-order chi connectivity index (χ0) is 23.2. The average molecular weight is 451 g/mol. The van der Waals surface area contributed by atoms with Crippen LogP contribution < -0.4 is 5.73 Å². The van der Waals surface area contributed by atoms with Crippen LogP contribution in [0.15, 0.2) is 43.2 Å². The fourth-order valence-electron chi connectivity index (χ4n) is 4.66. The number of imidazole rings is 2. The molecule has 3 aromatic heterocycles. The molecule has 33 heavy (non-hydrogen) atoms. The molecule has 1 amide bonds. The number of fused-ring (bicyclic) bond motifs is 2. The molecule has 5 rings (SSSR count). The SMILES string of the molecule is C[C@@]1(O)C[C@H](O)CN(C(=O)CCn2cnc3ccccc32)C[C@H]1n1cnc2c(N)ncnc21. The molecule has 4 N–H and O–H groups in total. The van der Waals surface area contributed by atoms with Gasteiger partial charge in [0.1, 0.15) is 11.8 Å². The number of aliphatic hydroxyl groups is 2. The summed E-state index contributed by atoms with van der Waals surface area (Å²) in [6, 6.07) is 7.18. The Balaban J connectivity index is 1.40. The number of amides is 1. The summed E-state index contributed by atoms with van der Waals surface area (Å²) in [6.07, 6.45) is 4.10. The second-order valence-electron chi connectivity index (χ2n) is 8.79. The molecule has 0 saturated carbocycles. The summed E-state index contributed by atoms with van der Waals surface area (Å²) in [7, 11) is 0. The maximum absolute atomic E-state index is 13.2. The van der Waals surface area contributed by atoms with Crippen LogP contribution in [0.5, 0.6) is 0 Å². The molecule has 1 aliphatic rings. The van der Waals surface area contributed by atoms with E-state index in [1.165, 1.54) is 6.33 Å². The van der Waals surface area contributed by atoms with E-state index in [4.69, 9.17) is 5.73 Å². The number of rotatable bonds is 4. The van der Waals surface area contributed by atoms with Crippen molar-refractivity contribution in [2.45, 2.75) is 44.1 Å². The summed E-state index contributed by atoms with van der Waals surface area (Å²) >= 11 is 0. The standard InChI is InChI=1S/C22H26N8O3/c1-22(33)8-14(31)9-29(10-17(22)30-13-27-19-20(23)24-11-25-21(19)30)18(32)6-7-28-12-26-15-4-2-3-5-16(15)28/h2-5,11-14,17,31,33H,6-10H2,1H3,(H2,23,24,25)/t14-,17+,22+/m0/s1. The molecule has 0 spiro atoms. The Kier molecular flexibility index (Phi) is 5.22. The third-order valence-electron chi connectivity index (χ3n) is 6.36. The zero-order valence-electron chi connectivity index (χ0n) is 18.2. The lowest BCUT2D eigenvalue weighted by Gasteiger charge is -2.34. The maximum atomic E-state index is 13.2. The molecule has 3 atom stereocenters. The molecule has 1 fully saturated rings. The van der Waals surface area contributed by atoms with Crippen molar-refractivity contribution < 1.29 is 15.0 Å². The third kappa shape index (κ3) is 3.89. The van der Waals surface area contributed by atoms with Crippen LogP contribution in [0, 0.1) is 0 Å². The van der Waals surface area contributed by atoms with Crippen molar-refractivity contribution in [2.24, 2.45) is 0 Å². The number of aromatic nitrogens is 6. The first-order chi connectivity index (χ1) is 15.8. The van der Waals surface area contributed by atoms with Gasteiger partial charge in [0.05, 0.1) is 41.4 Å². The Morgan fingerprint density at radius 2 is 2.00 bits per heavy atom. The van der Waals surface area contributed by atoms with Gasteiger partial charge in [0.15, 0.2) is 11.5 Å². The number of benzene rings is 1. The number of aliphatic hydroxyl groups excluding tert-OH is 1. The minimum absolute atomic E-state index is 0.105. The molecule has 1 saturated heterocycles. The molecule has 1 aromatic carbocycles. The molecule has 4 aromatic rings. The molecule has 1 aliphatic heterocycles. The Bertz CT molecular complexity index is 1310. The van der Waals surface area contributed by atoms with E-state index in [0.717, 1.165) is 11.0 Å². The van der Waals surface area contributed by atoms with Crippen molar-refractivity contribution >= 4 is 33.9 Å². The van der Waals surface area contributed by atoms with Gasteiger partial charge < -0.3 is 30.0 Å². The number of hydrogen-bond acceptors (Lipinski definition) is 8. The van der Waals surface area contributed by atoms with Crippen LogP contribution in [0.25, 0.3) is 22.2 Å². The highest BCUT2D eigenvalue weighted by Gasteiger charge is 2.42. The number of hydrogen-bond donors (Lipinski definition) is 3. The van der Waals surface area contributed by atoms with Crippen molar-refractivity contribution in [3.63, 3.8) is 0 Å². The lowest BCUT2D eigenvalue weighted by Crippen LogP contribution is -2.42. The van der Waals surface area contributed by atoms with E-state index in [9.17, 15) is 15.0 Å². The molecule has 0 aliphatic carbocycles. The molecular weight excluding hydrogens is 424 g/mol. The van der Waals surface area contributed by atoms with Gasteiger partial charge >= 0.3 is 0 Å². The predicted octanol–water partition coefficient (Wildman–Crippen LogP) is 0.734. The van der Waals surface area contributed by atoms with Gasteiger partial charge in [-0.3, -0.25) is 4.79 Å². The average Bonchev–Trinajstić information content (AvgIpc) is 3.36. The minimum atomic E-state index is -1.30.